The number of pyridine rings is 1. The third-order valence-corrected chi connectivity index (χ3v) is 4.28. The molecule has 1 atom stereocenters. The van der Waals surface area contributed by atoms with E-state index < -0.39 is 11.7 Å². The summed E-state index contributed by atoms with van der Waals surface area (Å²) in [7, 11) is 1.61. The van der Waals surface area contributed by atoms with Crippen molar-refractivity contribution in [3.63, 3.8) is 0 Å². The van der Waals surface area contributed by atoms with Crippen LogP contribution in [0.25, 0.3) is 0 Å². The molecule has 0 bridgehead atoms. The lowest BCUT2D eigenvalue weighted by Crippen LogP contribution is -2.42. The third-order valence-electron chi connectivity index (χ3n) is 4.28. The molecule has 1 N–H and O–H groups in total. The van der Waals surface area contributed by atoms with Crippen LogP contribution in [0.4, 0.5) is 24.7 Å². The lowest BCUT2D eigenvalue weighted by atomic mass is 10.0. The fraction of sp³-hybridized carbons (Fsp3) is 0.389. The number of methoxy groups -OCH3 is 1. The number of hydrogen-bond donors (Lipinski definition) is 1. The topological polar surface area (TPSA) is 37.4 Å². The highest BCUT2D eigenvalue weighted by molar-refractivity contribution is 5.49. The second-order valence-corrected chi connectivity index (χ2v) is 6.06. The Balaban J connectivity index is 1.68. The molecule has 4 nitrogen and oxygen atoms in total. The summed E-state index contributed by atoms with van der Waals surface area (Å²) in [5, 5.41) is 3.43. The van der Waals surface area contributed by atoms with Gasteiger partial charge in [-0.15, -0.1) is 0 Å². The molecule has 0 aliphatic carbocycles. The SMILES string of the molecule is COc1ccc(N[C@@H]2CCCN(c3cc(C(F)(F)F)ccn3)C2)cc1. The van der Waals surface area contributed by atoms with Crippen molar-refractivity contribution in [2.24, 2.45) is 0 Å². The molecule has 1 aliphatic rings. The highest BCUT2D eigenvalue weighted by Gasteiger charge is 2.31. The number of piperidine rings is 1. The Bertz CT molecular complexity index is 703. The highest BCUT2D eigenvalue weighted by atomic mass is 19.4. The standard InChI is InChI=1S/C18H20F3N3O/c1-25-16-6-4-14(5-7-16)23-15-3-2-10-24(12-15)17-11-13(8-9-22-17)18(19,20)21/h4-9,11,15,23H,2-3,10,12H2,1H3/t15-/m1/s1. The van der Waals surface area contributed by atoms with E-state index in [1.54, 1.807) is 7.11 Å². The maximum Gasteiger partial charge on any atom is 0.416 e. The monoisotopic (exact) mass is 351 g/mol. The van der Waals surface area contributed by atoms with Crippen LogP contribution in [0.2, 0.25) is 0 Å². The smallest absolute Gasteiger partial charge is 0.416 e. The first-order valence-corrected chi connectivity index (χ1v) is 8.14. The van der Waals surface area contributed by atoms with Gasteiger partial charge in [0.05, 0.1) is 12.7 Å². The first kappa shape index (κ1) is 17.4. The molecular formula is C18H20F3N3O. The number of nitrogens with one attached hydrogen (secondary N) is 1. The number of benzene rings is 1. The Morgan fingerprint density at radius 1 is 1.20 bits per heavy atom. The number of halogens is 3. The van der Waals surface area contributed by atoms with Crippen molar-refractivity contribution in [1.29, 1.82) is 0 Å². The Morgan fingerprint density at radius 2 is 1.96 bits per heavy atom. The minimum absolute atomic E-state index is 0.151. The summed E-state index contributed by atoms with van der Waals surface area (Å²) < 4.78 is 43.8. The maximum atomic E-state index is 12.9. The van der Waals surface area contributed by atoms with Gasteiger partial charge in [0, 0.05) is 31.0 Å². The van der Waals surface area contributed by atoms with Crippen LogP contribution in [0.15, 0.2) is 42.6 Å². The van der Waals surface area contributed by atoms with E-state index in [2.05, 4.69) is 10.3 Å². The minimum atomic E-state index is -4.35. The molecule has 1 aromatic heterocycles. The van der Waals surface area contributed by atoms with Gasteiger partial charge in [0.2, 0.25) is 0 Å². The maximum absolute atomic E-state index is 12.9. The van der Waals surface area contributed by atoms with Crippen LogP contribution in [-0.2, 0) is 6.18 Å². The summed E-state index contributed by atoms with van der Waals surface area (Å²) in [6, 6.07) is 9.88. The van der Waals surface area contributed by atoms with Gasteiger partial charge in [-0.3, -0.25) is 0 Å². The molecule has 0 radical (unpaired) electrons. The van der Waals surface area contributed by atoms with Gasteiger partial charge >= 0.3 is 6.18 Å². The van der Waals surface area contributed by atoms with Crippen molar-refractivity contribution in [1.82, 2.24) is 4.98 Å². The van der Waals surface area contributed by atoms with Crippen LogP contribution in [-0.4, -0.2) is 31.2 Å². The minimum Gasteiger partial charge on any atom is -0.497 e. The van der Waals surface area contributed by atoms with Crippen molar-refractivity contribution in [2.45, 2.75) is 25.1 Å². The second-order valence-electron chi connectivity index (χ2n) is 6.06. The van der Waals surface area contributed by atoms with Crippen LogP contribution < -0.4 is 15.0 Å². The van der Waals surface area contributed by atoms with Crippen molar-refractivity contribution in [2.75, 3.05) is 30.4 Å². The molecule has 7 heteroatoms. The average Bonchev–Trinajstić information content (AvgIpc) is 2.62. The van der Waals surface area contributed by atoms with Crippen molar-refractivity contribution in [3.05, 3.63) is 48.2 Å². The molecule has 1 aliphatic heterocycles. The molecule has 3 rings (SSSR count). The van der Waals surface area contributed by atoms with E-state index in [0.29, 0.717) is 18.9 Å². The predicted molar refractivity (Wildman–Crippen MR) is 91.1 cm³/mol. The number of nitrogens with zero attached hydrogens (tertiary/aromatic N) is 2. The highest BCUT2D eigenvalue weighted by Crippen LogP contribution is 2.31. The summed E-state index contributed by atoms with van der Waals surface area (Å²) in [6.07, 6.45) is -1.28. The Hall–Kier alpha value is -2.44. The molecule has 1 fully saturated rings. The van der Waals surface area contributed by atoms with E-state index in [-0.39, 0.29) is 6.04 Å². The predicted octanol–water partition coefficient (Wildman–Crippen LogP) is 4.19. The lowest BCUT2D eigenvalue weighted by molar-refractivity contribution is -0.137. The van der Waals surface area contributed by atoms with E-state index in [1.165, 1.54) is 6.20 Å². The fourth-order valence-corrected chi connectivity index (χ4v) is 2.99. The number of ether oxygens (including phenoxy) is 1. The van der Waals surface area contributed by atoms with E-state index >= 15 is 0 Å². The van der Waals surface area contributed by atoms with Crippen LogP contribution in [0.1, 0.15) is 18.4 Å². The Kier molecular flexibility index (Phi) is 5.01. The van der Waals surface area contributed by atoms with E-state index in [0.717, 1.165) is 36.4 Å². The first-order valence-electron chi connectivity index (χ1n) is 8.14. The molecule has 0 unspecified atom stereocenters. The van der Waals surface area contributed by atoms with E-state index in [4.69, 9.17) is 4.74 Å². The summed E-state index contributed by atoms with van der Waals surface area (Å²) in [6.45, 7) is 1.31. The summed E-state index contributed by atoms with van der Waals surface area (Å²) >= 11 is 0. The van der Waals surface area contributed by atoms with Crippen LogP contribution in [0.3, 0.4) is 0 Å². The van der Waals surface area contributed by atoms with Crippen molar-refractivity contribution < 1.29 is 17.9 Å². The zero-order valence-corrected chi connectivity index (χ0v) is 13.9. The normalized spacial score (nSPS) is 18.1. The number of rotatable bonds is 4. The van der Waals surface area contributed by atoms with Crippen LogP contribution in [0, 0.1) is 0 Å². The van der Waals surface area contributed by atoms with E-state index in [1.807, 2.05) is 29.2 Å². The zero-order valence-electron chi connectivity index (χ0n) is 13.9. The van der Waals surface area contributed by atoms with Gasteiger partial charge in [0.25, 0.3) is 0 Å². The second kappa shape index (κ2) is 7.21. The first-order chi connectivity index (χ1) is 12.0. The Morgan fingerprint density at radius 3 is 2.64 bits per heavy atom. The Labute approximate surface area is 144 Å². The third kappa shape index (κ3) is 4.35. The quantitative estimate of drug-likeness (QED) is 0.896. The molecule has 0 saturated carbocycles. The largest absolute Gasteiger partial charge is 0.497 e. The zero-order chi connectivity index (χ0) is 17.9. The molecule has 1 aromatic carbocycles. The van der Waals surface area contributed by atoms with E-state index in [9.17, 15) is 13.2 Å². The number of anilines is 2. The summed E-state index contributed by atoms with van der Waals surface area (Å²) in [5.41, 5.74) is 0.299. The number of aromatic nitrogens is 1. The molecular weight excluding hydrogens is 331 g/mol. The van der Waals surface area contributed by atoms with Crippen molar-refractivity contribution >= 4 is 11.5 Å². The molecule has 2 aromatic rings. The molecule has 1 saturated heterocycles. The van der Waals surface area contributed by atoms with Gasteiger partial charge in [-0.1, -0.05) is 0 Å². The molecule has 2 heterocycles. The van der Waals surface area contributed by atoms with Gasteiger partial charge in [-0.05, 0) is 49.2 Å². The molecule has 25 heavy (non-hydrogen) atoms. The lowest BCUT2D eigenvalue weighted by Gasteiger charge is -2.34. The van der Waals surface area contributed by atoms with Crippen molar-refractivity contribution in [3.8, 4) is 5.75 Å². The van der Waals surface area contributed by atoms with Crippen LogP contribution in [0.5, 0.6) is 5.75 Å². The molecule has 134 valence electrons. The van der Waals surface area contributed by atoms with Crippen LogP contribution >= 0.6 is 0 Å². The average molecular weight is 351 g/mol. The van der Waals surface area contributed by atoms with Gasteiger partial charge in [0.15, 0.2) is 0 Å². The summed E-state index contributed by atoms with van der Waals surface area (Å²) in [4.78, 5) is 6.03. The van der Waals surface area contributed by atoms with Gasteiger partial charge < -0.3 is 15.0 Å². The number of hydrogen-bond acceptors (Lipinski definition) is 4. The number of alkyl halides is 3. The van der Waals surface area contributed by atoms with Gasteiger partial charge in [-0.2, -0.15) is 13.2 Å². The molecule has 0 amide bonds. The fourth-order valence-electron chi connectivity index (χ4n) is 2.99. The van der Waals surface area contributed by atoms with Gasteiger partial charge in [0.1, 0.15) is 11.6 Å². The molecule has 0 spiro atoms. The van der Waals surface area contributed by atoms with Gasteiger partial charge in [-0.25, -0.2) is 4.98 Å². The summed E-state index contributed by atoms with van der Waals surface area (Å²) in [5.74, 6) is 1.15.